The van der Waals surface area contributed by atoms with Gasteiger partial charge in [-0.05, 0) is 26.7 Å². The molecule has 2 amide bonds. The van der Waals surface area contributed by atoms with Crippen LogP contribution in [0.2, 0.25) is 0 Å². The molecule has 8 heteroatoms. The molecule has 0 saturated heterocycles. The molecule has 3 N–H and O–H groups in total. The molecule has 1 heterocycles. The van der Waals surface area contributed by atoms with Gasteiger partial charge in [0.05, 0.1) is 5.69 Å². The zero-order valence-corrected chi connectivity index (χ0v) is 10.3. The van der Waals surface area contributed by atoms with Crippen LogP contribution in [0.1, 0.15) is 29.9 Å². The largest absolute Gasteiger partial charge is 0.361 e. The van der Waals surface area contributed by atoms with Crippen LogP contribution in [-0.2, 0) is 14.8 Å². The van der Waals surface area contributed by atoms with Crippen molar-refractivity contribution in [3.63, 3.8) is 0 Å². The lowest BCUT2D eigenvalue weighted by atomic mass is 10.1. The highest BCUT2D eigenvalue weighted by Gasteiger charge is 2.59. The van der Waals surface area contributed by atoms with Crippen molar-refractivity contribution in [2.75, 3.05) is 0 Å². The second kappa shape index (κ2) is 3.46. The average Bonchev–Trinajstić information content (AvgIpc) is 2.89. The number of nitrogens with two attached hydrogens (primary N) is 1. The fraction of sp³-hybridized carbons (Fsp3) is 0.556. The molecule has 7 nitrogen and oxygen atoms in total. The molecule has 94 valence electrons. The minimum atomic E-state index is -3.84. The maximum absolute atomic E-state index is 12.0. The fourth-order valence-electron chi connectivity index (χ4n) is 2.13. The number of amides is 2. The van der Waals surface area contributed by atoms with Crippen molar-refractivity contribution in [2.45, 2.75) is 31.4 Å². The molecule has 0 spiro atoms. The van der Waals surface area contributed by atoms with E-state index in [0.717, 1.165) is 0 Å². The van der Waals surface area contributed by atoms with Gasteiger partial charge >= 0.3 is 6.03 Å². The predicted molar refractivity (Wildman–Crippen MR) is 58.5 cm³/mol. The third kappa shape index (κ3) is 1.68. The van der Waals surface area contributed by atoms with Crippen molar-refractivity contribution < 1.29 is 17.7 Å². The lowest BCUT2D eigenvalue weighted by Gasteiger charge is -2.15. The Morgan fingerprint density at radius 2 is 2.06 bits per heavy atom. The van der Waals surface area contributed by atoms with Crippen LogP contribution in [0.25, 0.3) is 0 Å². The highest BCUT2D eigenvalue weighted by molar-refractivity contribution is 7.91. The minimum absolute atomic E-state index is 0.429. The maximum atomic E-state index is 12.0. The Balaban J connectivity index is 2.49. The van der Waals surface area contributed by atoms with E-state index >= 15 is 0 Å². The van der Waals surface area contributed by atoms with Crippen LogP contribution in [0.4, 0.5) is 4.79 Å². The molecular formula is C9H13N3O4S. The van der Waals surface area contributed by atoms with Gasteiger partial charge in [0.15, 0.2) is 0 Å². The van der Waals surface area contributed by atoms with Gasteiger partial charge in [-0.2, -0.15) is 0 Å². The van der Waals surface area contributed by atoms with E-state index in [1.165, 1.54) is 0 Å². The second-order valence-corrected chi connectivity index (χ2v) is 6.16. The number of nitrogens with zero attached hydrogens (tertiary/aromatic N) is 1. The van der Waals surface area contributed by atoms with Gasteiger partial charge in [-0.1, -0.05) is 5.16 Å². The summed E-state index contributed by atoms with van der Waals surface area (Å²) in [4.78, 5) is 10.7. The second-order valence-electron chi connectivity index (χ2n) is 4.16. The monoisotopic (exact) mass is 259 g/mol. The smallest absolute Gasteiger partial charge is 0.325 e. The number of rotatable bonds is 3. The van der Waals surface area contributed by atoms with Gasteiger partial charge in [-0.25, -0.2) is 17.9 Å². The van der Waals surface area contributed by atoms with Crippen molar-refractivity contribution in [2.24, 2.45) is 5.73 Å². The molecule has 1 saturated carbocycles. The third-order valence-corrected chi connectivity index (χ3v) is 5.05. The number of hydrogen-bond acceptors (Lipinski definition) is 5. The van der Waals surface area contributed by atoms with E-state index in [9.17, 15) is 13.2 Å². The standard InChI is InChI=1S/C9H13N3O4S/c1-5-7(6(2)16-11-5)9(3-4-9)17(14,15)12-8(10)13/h3-4H2,1-2H3,(H3,10,12,13). The van der Waals surface area contributed by atoms with Gasteiger partial charge < -0.3 is 10.3 Å². The SMILES string of the molecule is Cc1noc(C)c1C1(S(=O)(=O)NC(N)=O)CC1. The van der Waals surface area contributed by atoms with Gasteiger partial charge in [0.1, 0.15) is 10.5 Å². The Hall–Kier alpha value is -1.57. The van der Waals surface area contributed by atoms with Crippen LogP contribution in [-0.4, -0.2) is 19.6 Å². The number of nitrogens with one attached hydrogen (secondary N) is 1. The topological polar surface area (TPSA) is 115 Å². The normalized spacial score (nSPS) is 17.8. The molecule has 0 aromatic carbocycles. The zero-order chi connectivity index (χ0) is 12.8. The van der Waals surface area contributed by atoms with Crippen LogP contribution in [0, 0.1) is 13.8 Å². The summed E-state index contributed by atoms with van der Waals surface area (Å²) < 4.78 is 29.7. The molecule has 1 aliphatic carbocycles. The van der Waals surface area contributed by atoms with E-state index in [4.69, 9.17) is 10.3 Å². The molecule has 1 aromatic heterocycles. The summed E-state index contributed by atoms with van der Waals surface area (Å²) in [6.07, 6.45) is 0.858. The maximum Gasteiger partial charge on any atom is 0.325 e. The minimum Gasteiger partial charge on any atom is -0.361 e. The van der Waals surface area contributed by atoms with Crippen LogP contribution in [0.3, 0.4) is 0 Å². The van der Waals surface area contributed by atoms with Crippen molar-refractivity contribution in [1.29, 1.82) is 0 Å². The van der Waals surface area contributed by atoms with Crippen LogP contribution < -0.4 is 10.5 Å². The number of sulfonamides is 1. The Morgan fingerprint density at radius 3 is 2.41 bits per heavy atom. The molecule has 1 aromatic rings. The van der Waals surface area contributed by atoms with Gasteiger partial charge in [-0.3, -0.25) is 0 Å². The first-order valence-corrected chi connectivity index (χ1v) is 6.53. The molecular weight excluding hydrogens is 246 g/mol. The highest BCUT2D eigenvalue weighted by Crippen LogP contribution is 2.54. The summed E-state index contributed by atoms with van der Waals surface area (Å²) in [5.74, 6) is 0.454. The van der Waals surface area contributed by atoms with Crippen LogP contribution in [0.5, 0.6) is 0 Å². The van der Waals surface area contributed by atoms with Crippen molar-refractivity contribution in [3.05, 3.63) is 17.0 Å². The highest BCUT2D eigenvalue weighted by atomic mass is 32.2. The average molecular weight is 259 g/mol. The van der Waals surface area contributed by atoms with Gasteiger partial charge in [0.2, 0.25) is 10.0 Å². The summed E-state index contributed by atoms with van der Waals surface area (Å²) in [6, 6.07) is -1.08. The number of urea groups is 1. The summed E-state index contributed by atoms with van der Waals surface area (Å²) in [7, 11) is -3.84. The first-order chi connectivity index (χ1) is 7.80. The van der Waals surface area contributed by atoms with E-state index in [2.05, 4.69) is 5.16 Å². The summed E-state index contributed by atoms with van der Waals surface area (Å²) in [5, 5.41) is 3.73. The molecule has 0 bridgehead atoms. The molecule has 0 radical (unpaired) electrons. The lowest BCUT2D eigenvalue weighted by molar-refractivity contribution is 0.253. The van der Waals surface area contributed by atoms with E-state index in [1.54, 1.807) is 18.6 Å². The van der Waals surface area contributed by atoms with Crippen molar-refractivity contribution >= 4 is 16.1 Å². The van der Waals surface area contributed by atoms with E-state index in [1.807, 2.05) is 0 Å². The number of aryl methyl sites for hydroxylation is 2. The van der Waals surface area contributed by atoms with Gasteiger partial charge in [0, 0.05) is 5.56 Å². The Labute approximate surface area is 98.4 Å². The fourth-order valence-corrected chi connectivity index (χ4v) is 3.79. The molecule has 1 aliphatic rings. The first kappa shape index (κ1) is 11.9. The van der Waals surface area contributed by atoms with Crippen molar-refractivity contribution in [3.8, 4) is 0 Å². The summed E-state index contributed by atoms with van der Waals surface area (Å²) >= 11 is 0. The number of primary amides is 1. The predicted octanol–water partition coefficient (Wildman–Crippen LogP) is 0.279. The molecule has 2 rings (SSSR count). The number of aromatic nitrogens is 1. The van der Waals surface area contributed by atoms with Crippen LogP contribution in [0.15, 0.2) is 4.52 Å². The number of carbonyl (C=O) groups excluding carboxylic acids is 1. The Morgan fingerprint density at radius 1 is 1.47 bits per heavy atom. The molecule has 0 atom stereocenters. The first-order valence-electron chi connectivity index (χ1n) is 5.05. The molecule has 0 unspecified atom stereocenters. The number of hydrogen-bond donors (Lipinski definition) is 2. The molecule has 17 heavy (non-hydrogen) atoms. The quantitative estimate of drug-likeness (QED) is 0.808. The van der Waals surface area contributed by atoms with E-state index < -0.39 is 20.8 Å². The molecule has 1 fully saturated rings. The Bertz CT molecular complexity index is 552. The van der Waals surface area contributed by atoms with Gasteiger partial charge in [0.25, 0.3) is 0 Å². The third-order valence-electron chi connectivity index (χ3n) is 2.94. The number of carbonyl (C=O) groups is 1. The van der Waals surface area contributed by atoms with Crippen molar-refractivity contribution in [1.82, 2.24) is 9.88 Å². The van der Waals surface area contributed by atoms with E-state index in [-0.39, 0.29) is 0 Å². The zero-order valence-electron chi connectivity index (χ0n) is 9.48. The van der Waals surface area contributed by atoms with Crippen LogP contribution >= 0.6 is 0 Å². The lowest BCUT2D eigenvalue weighted by Crippen LogP contribution is -2.41. The summed E-state index contributed by atoms with van der Waals surface area (Å²) in [6.45, 7) is 3.32. The van der Waals surface area contributed by atoms with E-state index in [0.29, 0.717) is 29.9 Å². The molecule has 0 aliphatic heterocycles. The Kier molecular flexibility index (Phi) is 2.42. The van der Waals surface area contributed by atoms with Gasteiger partial charge in [-0.15, -0.1) is 0 Å². The summed E-state index contributed by atoms with van der Waals surface area (Å²) in [5.41, 5.74) is 5.92.